The van der Waals surface area contributed by atoms with E-state index in [9.17, 15) is 23.1 Å². The number of para-hydroxylation sites is 1. The molecule has 3 heterocycles. The zero-order valence-electron chi connectivity index (χ0n) is 16.4. The van der Waals surface area contributed by atoms with Crippen molar-refractivity contribution in [2.75, 3.05) is 13.7 Å². The Balaban J connectivity index is 1.84. The summed E-state index contributed by atoms with van der Waals surface area (Å²) in [6.45, 7) is 0.121. The molecule has 4 rings (SSSR count). The van der Waals surface area contributed by atoms with Crippen LogP contribution in [-0.2, 0) is 4.74 Å². The number of hydrogen-bond donors (Lipinski definition) is 1. The van der Waals surface area contributed by atoms with E-state index >= 15 is 0 Å². The second-order valence-corrected chi connectivity index (χ2v) is 8.01. The number of benzene rings is 1. The van der Waals surface area contributed by atoms with Crippen LogP contribution < -0.4 is 0 Å². The van der Waals surface area contributed by atoms with Gasteiger partial charge in [-0.1, -0.05) is 24.3 Å². The Bertz CT molecular complexity index is 1150. The molecule has 6 nitrogen and oxygen atoms in total. The average molecular weight is 449 g/mol. The SMILES string of the molecule is COCCC1=NN(C(=O)c2cc(-c3cccs3)nc3ccccc23)[C@@](O)(C(F)(F)F)C1. The zero-order valence-corrected chi connectivity index (χ0v) is 17.2. The first-order valence-corrected chi connectivity index (χ1v) is 10.2. The van der Waals surface area contributed by atoms with Crippen molar-refractivity contribution in [3.63, 3.8) is 0 Å². The van der Waals surface area contributed by atoms with Crippen LogP contribution in [0.25, 0.3) is 21.5 Å². The van der Waals surface area contributed by atoms with Gasteiger partial charge >= 0.3 is 6.18 Å². The van der Waals surface area contributed by atoms with E-state index < -0.39 is 24.2 Å². The van der Waals surface area contributed by atoms with Gasteiger partial charge < -0.3 is 9.84 Å². The van der Waals surface area contributed by atoms with Crippen molar-refractivity contribution in [3.05, 3.63) is 53.4 Å². The molecule has 0 spiro atoms. The molecule has 31 heavy (non-hydrogen) atoms. The van der Waals surface area contributed by atoms with Crippen LogP contribution in [0.4, 0.5) is 13.2 Å². The van der Waals surface area contributed by atoms with Crippen molar-refractivity contribution < 1.29 is 27.8 Å². The Kier molecular flexibility index (Phi) is 5.54. The predicted octanol–water partition coefficient (Wildman–Crippen LogP) is 4.45. The third kappa shape index (κ3) is 3.82. The number of pyridine rings is 1. The van der Waals surface area contributed by atoms with Crippen LogP contribution in [0.15, 0.2) is 52.9 Å². The van der Waals surface area contributed by atoms with Gasteiger partial charge in [0.1, 0.15) is 0 Å². The van der Waals surface area contributed by atoms with Gasteiger partial charge in [-0.3, -0.25) is 4.79 Å². The number of rotatable bonds is 5. The van der Waals surface area contributed by atoms with Gasteiger partial charge in [0.05, 0.1) is 28.3 Å². The fourth-order valence-electron chi connectivity index (χ4n) is 3.43. The minimum absolute atomic E-state index is 0.0200. The second-order valence-electron chi connectivity index (χ2n) is 7.07. The van der Waals surface area contributed by atoms with E-state index in [0.717, 1.165) is 4.88 Å². The van der Waals surface area contributed by atoms with Gasteiger partial charge in [-0.15, -0.1) is 11.3 Å². The number of fused-ring (bicyclic) bond motifs is 1. The summed E-state index contributed by atoms with van der Waals surface area (Å²) in [5.41, 5.74) is -2.51. The molecular formula is C21H18F3N3O3S. The molecule has 1 aliphatic rings. The van der Waals surface area contributed by atoms with Crippen LogP contribution in [0.1, 0.15) is 23.2 Å². The Morgan fingerprint density at radius 1 is 1.29 bits per heavy atom. The lowest BCUT2D eigenvalue weighted by Gasteiger charge is -2.32. The standard InChI is InChI=1S/C21H18F3N3O3S/c1-30-9-8-13-12-20(29,21(22,23)24)27(26-13)19(28)15-11-17(18-7-4-10-31-18)25-16-6-3-2-5-14(15)16/h2-7,10-11,29H,8-9,12H2,1H3/t20-/m0/s1. The Labute approximate surface area is 179 Å². The maximum absolute atomic E-state index is 13.8. The number of methoxy groups -OCH3 is 1. The smallest absolute Gasteiger partial charge is 0.384 e. The van der Waals surface area contributed by atoms with E-state index in [1.165, 1.54) is 24.5 Å². The molecule has 162 valence electrons. The lowest BCUT2D eigenvalue weighted by atomic mass is 10.0. The third-order valence-electron chi connectivity index (χ3n) is 5.00. The summed E-state index contributed by atoms with van der Waals surface area (Å²) in [6, 6.07) is 11.7. The first-order chi connectivity index (χ1) is 14.7. The van der Waals surface area contributed by atoms with Crippen molar-refractivity contribution >= 4 is 33.9 Å². The molecule has 0 saturated heterocycles. The predicted molar refractivity (Wildman–Crippen MR) is 111 cm³/mol. The van der Waals surface area contributed by atoms with Crippen LogP contribution in [-0.4, -0.2) is 52.3 Å². The highest BCUT2D eigenvalue weighted by Crippen LogP contribution is 2.42. The molecule has 0 fully saturated rings. The number of thiophene rings is 1. The largest absolute Gasteiger partial charge is 0.438 e. The number of aromatic nitrogens is 1. The molecule has 1 amide bonds. The fourth-order valence-corrected chi connectivity index (χ4v) is 4.11. The summed E-state index contributed by atoms with van der Waals surface area (Å²) in [7, 11) is 1.41. The molecule has 10 heteroatoms. The number of amides is 1. The highest BCUT2D eigenvalue weighted by atomic mass is 32.1. The number of hydrazone groups is 1. The van der Waals surface area contributed by atoms with Gasteiger partial charge in [-0.25, -0.2) is 4.98 Å². The highest BCUT2D eigenvalue weighted by molar-refractivity contribution is 7.13. The molecule has 1 aromatic carbocycles. The lowest BCUT2D eigenvalue weighted by molar-refractivity contribution is -0.297. The Morgan fingerprint density at radius 3 is 2.74 bits per heavy atom. The topological polar surface area (TPSA) is 75.0 Å². The lowest BCUT2D eigenvalue weighted by Crippen LogP contribution is -2.56. The van der Waals surface area contributed by atoms with Crippen molar-refractivity contribution in [3.8, 4) is 10.6 Å². The molecular weight excluding hydrogens is 431 g/mol. The quantitative estimate of drug-likeness (QED) is 0.625. The van der Waals surface area contributed by atoms with Crippen molar-refractivity contribution in [1.82, 2.24) is 9.99 Å². The zero-order chi connectivity index (χ0) is 22.2. The van der Waals surface area contributed by atoms with Crippen LogP contribution in [0.2, 0.25) is 0 Å². The number of hydrogen-bond acceptors (Lipinski definition) is 6. The van der Waals surface area contributed by atoms with Crippen LogP contribution in [0, 0.1) is 0 Å². The van der Waals surface area contributed by atoms with E-state index in [2.05, 4.69) is 10.1 Å². The first kappa shape index (κ1) is 21.4. The number of aliphatic hydroxyl groups is 1. The maximum Gasteiger partial charge on any atom is 0.438 e. The number of carbonyl (C=O) groups excluding carboxylic acids is 1. The van der Waals surface area contributed by atoms with Gasteiger partial charge in [-0.05, 0) is 23.6 Å². The van der Waals surface area contributed by atoms with Crippen LogP contribution >= 0.6 is 11.3 Å². The van der Waals surface area contributed by atoms with Gasteiger partial charge in [0.15, 0.2) is 0 Å². The number of nitrogens with zero attached hydrogens (tertiary/aromatic N) is 3. The Hall–Kier alpha value is -2.82. The first-order valence-electron chi connectivity index (χ1n) is 9.37. The molecule has 1 atom stereocenters. The summed E-state index contributed by atoms with van der Waals surface area (Å²) in [4.78, 5) is 18.7. The molecule has 1 aliphatic heterocycles. The number of ether oxygens (including phenoxy) is 1. The minimum Gasteiger partial charge on any atom is -0.384 e. The van der Waals surface area contributed by atoms with E-state index in [-0.39, 0.29) is 29.3 Å². The number of halogens is 3. The molecule has 3 aromatic rings. The number of alkyl halides is 3. The van der Waals surface area contributed by atoms with Gasteiger partial charge in [-0.2, -0.15) is 23.3 Å². The van der Waals surface area contributed by atoms with Crippen molar-refractivity contribution in [2.24, 2.45) is 5.10 Å². The Morgan fingerprint density at radius 2 is 2.06 bits per heavy atom. The normalized spacial score (nSPS) is 19.1. The molecule has 0 unspecified atom stereocenters. The summed E-state index contributed by atoms with van der Waals surface area (Å²) in [5, 5.41) is 16.7. The summed E-state index contributed by atoms with van der Waals surface area (Å²) < 4.78 is 46.4. The van der Waals surface area contributed by atoms with Crippen molar-refractivity contribution in [2.45, 2.75) is 24.7 Å². The van der Waals surface area contributed by atoms with Crippen LogP contribution in [0.5, 0.6) is 0 Å². The second kappa shape index (κ2) is 8.03. The molecule has 0 bridgehead atoms. The average Bonchev–Trinajstić information content (AvgIpc) is 3.39. The number of carbonyl (C=O) groups is 1. The van der Waals surface area contributed by atoms with E-state index in [1.807, 2.05) is 11.4 Å². The monoisotopic (exact) mass is 449 g/mol. The minimum atomic E-state index is -5.10. The molecule has 0 radical (unpaired) electrons. The van der Waals surface area contributed by atoms with Gasteiger partial charge in [0.2, 0.25) is 0 Å². The fraction of sp³-hybridized carbons (Fsp3) is 0.286. The van der Waals surface area contributed by atoms with E-state index in [4.69, 9.17) is 4.74 Å². The summed E-state index contributed by atoms with van der Waals surface area (Å²) in [5.74, 6) is -1.05. The summed E-state index contributed by atoms with van der Waals surface area (Å²) >= 11 is 1.39. The molecule has 0 aliphatic carbocycles. The van der Waals surface area contributed by atoms with Gasteiger partial charge in [0.25, 0.3) is 11.6 Å². The molecule has 1 N–H and O–H groups in total. The van der Waals surface area contributed by atoms with Crippen molar-refractivity contribution in [1.29, 1.82) is 0 Å². The third-order valence-corrected chi connectivity index (χ3v) is 5.90. The maximum atomic E-state index is 13.8. The van der Waals surface area contributed by atoms with Gasteiger partial charge in [0, 0.05) is 31.0 Å². The highest BCUT2D eigenvalue weighted by Gasteiger charge is 2.63. The molecule has 2 aromatic heterocycles. The van der Waals surface area contributed by atoms with E-state index in [1.54, 1.807) is 30.3 Å². The van der Waals surface area contributed by atoms with E-state index in [0.29, 0.717) is 16.6 Å². The van der Waals surface area contributed by atoms with Crippen LogP contribution in [0.3, 0.4) is 0 Å². The summed E-state index contributed by atoms with van der Waals surface area (Å²) in [6.07, 6.45) is -5.86. The molecule has 0 saturated carbocycles.